The summed E-state index contributed by atoms with van der Waals surface area (Å²) in [5.41, 5.74) is 11.5. The maximum Gasteiger partial charge on any atom is 0.416 e. The minimum absolute atomic E-state index is 0.0602. The van der Waals surface area contributed by atoms with Gasteiger partial charge < -0.3 is 21.5 Å². The van der Waals surface area contributed by atoms with Gasteiger partial charge in [0.25, 0.3) is 5.91 Å². The molecule has 6 nitrogen and oxygen atoms in total. The van der Waals surface area contributed by atoms with Crippen molar-refractivity contribution in [3.63, 3.8) is 0 Å². The van der Waals surface area contributed by atoms with Crippen LogP contribution in [0.1, 0.15) is 21.5 Å². The van der Waals surface area contributed by atoms with E-state index in [0.717, 1.165) is 12.1 Å². The lowest BCUT2D eigenvalue weighted by atomic mass is 10.1. The second kappa shape index (κ2) is 10.0. The number of ether oxygens (including phenoxy) is 1. The first kappa shape index (κ1) is 24.2. The van der Waals surface area contributed by atoms with Crippen LogP contribution in [0, 0.1) is 0 Å². The molecule has 33 heavy (non-hydrogen) atoms. The average molecular weight is 497 g/mol. The number of hydrogen-bond donors (Lipinski definition) is 3. The lowest BCUT2D eigenvalue weighted by Crippen LogP contribution is -2.22. The lowest BCUT2D eigenvalue weighted by molar-refractivity contribution is -0.137. The van der Waals surface area contributed by atoms with Gasteiger partial charge in [0, 0.05) is 17.3 Å². The molecule has 0 bridgehead atoms. The Kier molecular flexibility index (Phi) is 7.35. The zero-order valence-corrected chi connectivity index (χ0v) is 18.3. The minimum atomic E-state index is -4.43. The molecule has 0 fully saturated rings. The monoisotopic (exact) mass is 496 g/mol. The quantitative estimate of drug-likeness (QED) is 0.298. The van der Waals surface area contributed by atoms with E-state index >= 15 is 0 Å². The van der Waals surface area contributed by atoms with Crippen LogP contribution in [0.15, 0.2) is 65.7 Å². The molecule has 0 aliphatic heterocycles. The van der Waals surface area contributed by atoms with Gasteiger partial charge in [0.1, 0.15) is 18.0 Å². The van der Waals surface area contributed by atoms with Gasteiger partial charge in [-0.1, -0.05) is 35.3 Å². The van der Waals surface area contributed by atoms with Crippen LogP contribution in [-0.2, 0) is 12.8 Å². The highest BCUT2D eigenvalue weighted by molar-refractivity contribution is 6.42. The Morgan fingerprint density at radius 1 is 0.970 bits per heavy atom. The van der Waals surface area contributed by atoms with Crippen LogP contribution in [0.3, 0.4) is 0 Å². The molecule has 3 aromatic rings. The first-order valence-corrected chi connectivity index (χ1v) is 10.1. The van der Waals surface area contributed by atoms with Crippen molar-refractivity contribution in [1.29, 1.82) is 0 Å². The summed E-state index contributed by atoms with van der Waals surface area (Å²) >= 11 is 11.8. The summed E-state index contributed by atoms with van der Waals surface area (Å²) in [4.78, 5) is 16.5. The van der Waals surface area contributed by atoms with Crippen LogP contribution >= 0.6 is 23.2 Å². The standard InChI is InChI=1S/C22H17Cl2F3N4O2/c23-16-7-3-13(9-17(16)24)20(32)30-15-6-8-18(31-21(28)29)19(10-15)33-11-12-1-4-14(5-2-12)22(25,26)27/h1-10H,11H2,(H,30,32)(H4,28,29,31). The summed E-state index contributed by atoms with van der Waals surface area (Å²) < 4.78 is 43.9. The number of hydrogen-bond acceptors (Lipinski definition) is 3. The number of alkyl halides is 3. The molecule has 0 aliphatic rings. The maximum atomic E-state index is 12.7. The Labute approximate surface area is 197 Å². The Morgan fingerprint density at radius 2 is 1.67 bits per heavy atom. The fourth-order valence-corrected chi connectivity index (χ4v) is 3.03. The van der Waals surface area contributed by atoms with E-state index in [2.05, 4.69) is 10.3 Å². The topological polar surface area (TPSA) is 103 Å². The largest absolute Gasteiger partial charge is 0.487 e. The Hall–Kier alpha value is -3.43. The predicted octanol–water partition coefficient (Wildman–Crippen LogP) is 5.75. The second-order valence-electron chi connectivity index (χ2n) is 6.79. The van der Waals surface area contributed by atoms with Crippen molar-refractivity contribution in [2.75, 3.05) is 5.32 Å². The number of amides is 1. The third-order valence-electron chi connectivity index (χ3n) is 4.32. The summed E-state index contributed by atoms with van der Waals surface area (Å²) in [5, 5.41) is 3.23. The molecule has 11 heteroatoms. The molecule has 0 atom stereocenters. The van der Waals surface area contributed by atoms with Crippen molar-refractivity contribution in [3.05, 3.63) is 87.4 Å². The number of nitrogens with zero attached hydrogens (tertiary/aromatic N) is 1. The molecule has 0 heterocycles. The smallest absolute Gasteiger partial charge is 0.416 e. The number of anilines is 1. The van der Waals surface area contributed by atoms with E-state index in [1.807, 2.05) is 0 Å². The van der Waals surface area contributed by atoms with Gasteiger partial charge in [0.2, 0.25) is 0 Å². The number of nitrogens with one attached hydrogen (secondary N) is 1. The zero-order chi connectivity index (χ0) is 24.2. The van der Waals surface area contributed by atoms with Crippen molar-refractivity contribution in [1.82, 2.24) is 0 Å². The molecule has 5 N–H and O–H groups in total. The van der Waals surface area contributed by atoms with Crippen molar-refractivity contribution in [2.45, 2.75) is 12.8 Å². The summed E-state index contributed by atoms with van der Waals surface area (Å²) in [6.07, 6.45) is -4.43. The third-order valence-corrected chi connectivity index (χ3v) is 5.06. The normalized spacial score (nSPS) is 11.1. The molecule has 0 aromatic heterocycles. The third kappa shape index (κ3) is 6.53. The predicted molar refractivity (Wildman–Crippen MR) is 122 cm³/mol. The molecule has 0 aliphatic carbocycles. The molecule has 0 saturated carbocycles. The zero-order valence-electron chi connectivity index (χ0n) is 16.8. The van der Waals surface area contributed by atoms with Crippen molar-refractivity contribution < 1.29 is 22.7 Å². The molecule has 1 amide bonds. The highest BCUT2D eigenvalue weighted by Crippen LogP contribution is 2.33. The van der Waals surface area contributed by atoms with Crippen LogP contribution in [0.2, 0.25) is 10.0 Å². The van der Waals surface area contributed by atoms with Gasteiger partial charge in [-0.15, -0.1) is 0 Å². The van der Waals surface area contributed by atoms with E-state index in [0.29, 0.717) is 16.3 Å². The highest BCUT2D eigenvalue weighted by atomic mass is 35.5. The molecular weight excluding hydrogens is 480 g/mol. The van der Waals surface area contributed by atoms with E-state index in [4.69, 9.17) is 39.4 Å². The van der Waals surface area contributed by atoms with Crippen LogP contribution in [0.4, 0.5) is 24.5 Å². The van der Waals surface area contributed by atoms with Crippen molar-refractivity contribution in [3.8, 4) is 5.75 Å². The number of rotatable bonds is 6. The lowest BCUT2D eigenvalue weighted by Gasteiger charge is -2.13. The summed E-state index contributed by atoms with van der Waals surface area (Å²) in [6.45, 7) is -0.0602. The Balaban J connectivity index is 1.80. The Bertz CT molecular complexity index is 1200. The number of benzene rings is 3. The van der Waals surface area contributed by atoms with Gasteiger partial charge in [-0.2, -0.15) is 13.2 Å². The second-order valence-corrected chi connectivity index (χ2v) is 7.60. The van der Waals surface area contributed by atoms with E-state index in [1.165, 1.54) is 42.5 Å². The fourth-order valence-electron chi connectivity index (χ4n) is 2.73. The molecule has 3 aromatic carbocycles. The maximum absolute atomic E-state index is 12.7. The highest BCUT2D eigenvalue weighted by Gasteiger charge is 2.29. The number of carbonyl (C=O) groups is 1. The van der Waals surface area contributed by atoms with Gasteiger partial charge in [0.15, 0.2) is 5.96 Å². The van der Waals surface area contributed by atoms with E-state index in [9.17, 15) is 18.0 Å². The van der Waals surface area contributed by atoms with E-state index in [1.54, 1.807) is 6.07 Å². The van der Waals surface area contributed by atoms with Gasteiger partial charge in [-0.25, -0.2) is 4.99 Å². The number of carbonyl (C=O) groups excluding carboxylic acids is 1. The van der Waals surface area contributed by atoms with E-state index < -0.39 is 17.6 Å². The van der Waals surface area contributed by atoms with Gasteiger partial charge in [0.05, 0.1) is 15.6 Å². The van der Waals surface area contributed by atoms with Crippen LogP contribution < -0.4 is 21.5 Å². The number of guanidine groups is 1. The molecular formula is C22H17Cl2F3N4O2. The molecule has 3 rings (SSSR count). The van der Waals surface area contributed by atoms with E-state index in [-0.39, 0.29) is 34.6 Å². The van der Waals surface area contributed by atoms with Crippen LogP contribution in [-0.4, -0.2) is 11.9 Å². The summed E-state index contributed by atoms with van der Waals surface area (Å²) in [7, 11) is 0. The molecule has 172 valence electrons. The average Bonchev–Trinajstić information content (AvgIpc) is 2.75. The van der Waals surface area contributed by atoms with Crippen molar-refractivity contribution in [2.24, 2.45) is 16.5 Å². The van der Waals surface area contributed by atoms with Gasteiger partial charge >= 0.3 is 6.18 Å². The van der Waals surface area contributed by atoms with Gasteiger partial charge in [-0.3, -0.25) is 4.79 Å². The first-order valence-electron chi connectivity index (χ1n) is 9.32. The molecule has 0 spiro atoms. The van der Waals surface area contributed by atoms with Crippen LogP contribution in [0.5, 0.6) is 5.75 Å². The summed E-state index contributed by atoms with van der Waals surface area (Å²) in [5.74, 6) is -0.464. The number of halogens is 5. The fraction of sp³-hybridized carbons (Fsp3) is 0.0909. The Morgan fingerprint density at radius 3 is 2.27 bits per heavy atom. The first-order chi connectivity index (χ1) is 15.5. The molecule has 0 unspecified atom stereocenters. The minimum Gasteiger partial charge on any atom is -0.487 e. The number of aliphatic imine (C=N–C) groups is 1. The summed E-state index contributed by atoms with van der Waals surface area (Å²) in [6, 6.07) is 13.5. The number of nitrogens with two attached hydrogens (primary N) is 2. The van der Waals surface area contributed by atoms with Crippen LogP contribution in [0.25, 0.3) is 0 Å². The molecule has 0 saturated heterocycles. The molecule has 0 radical (unpaired) electrons. The SMILES string of the molecule is NC(N)=Nc1ccc(NC(=O)c2ccc(Cl)c(Cl)c2)cc1OCc1ccc(C(F)(F)F)cc1. The van der Waals surface area contributed by atoms with Gasteiger partial charge in [-0.05, 0) is 48.0 Å². The van der Waals surface area contributed by atoms with Crippen molar-refractivity contribution >= 4 is 46.4 Å².